The number of aliphatic carboxylic acids is 1. The Hall–Kier alpha value is -1.70. The fourth-order valence-electron chi connectivity index (χ4n) is 1.96. The van der Waals surface area contributed by atoms with E-state index in [1.807, 2.05) is 0 Å². The summed E-state index contributed by atoms with van der Waals surface area (Å²) in [5, 5.41) is 11.1. The number of carboxylic acid groups (broad SMARTS) is 1. The van der Waals surface area contributed by atoms with Crippen LogP contribution in [0.3, 0.4) is 0 Å². The van der Waals surface area contributed by atoms with Crippen LogP contribution in [-0.2, 0) is 4.79 Å². The van der Waals surface area contributed by atoms with E-state index in [2.05, 4.69) is 21.2 Å². The molecule has 1 aromatic carbocycles. The van der Waals surface area contributed by atoms with Crippen LogP contribution in [0.1, 0.15) is 6.42 Å². The highest BCUT2D eigenvalue weighted by atomic mass is 79.9. The zero-order chi connectivity index (χ0) is 14.9. The average Bonchev–Trinajstić information content (AvgIpc) is 2.85. The Morgan fingerprint density at radius 3 is 2.65 bits per heavy atom. The standard InChI is InChI=1S/C12H11BrF2N2O3/c13-7-3-10(9(15)4-8(7)14)16-12(20)17-2-1-6(5-17)11(18)19/h3-4,6H,1-2,5H2,(H,16,20)(H,18,19). The summed E-state index contributed by atoms with van der Waals surface area (Å²) in [6.07, 6.45) is 0.359. The number of rotatable bonds is 2. The molecule has 5 nitrogen and oxygen atoms in total. The van der Waals surface area contributed by atoms with Crippen molar-refractivity contribution in [2.75, 3.05) is 18.4 Å². The molecule has 1 heterocycles. The highest BCUT2D eigenvalue weighted by Crippen LogP contribution is 2.25. The third-order valence-electron chi connectivity index (χ3n) is 3.08. The monoisotopic (exact) mass is 348 g/mol. The number of carboxylic acids is 1. The predicted octanol–water partition coefficient (Wildman–Crippen LogP) is 2.67. The molecule has 1 aliphatic heterocycles. The molecule has 1 unspecified atom stereocenters. The molecule has 2 amide bonds. The van der Waals surface area contributed by atoms with Crippen molar-refractivity contribution in [2.24, 2.45) is 5.92 Å². The van der Waals surface area contributed by atoms with Crippen LogP contribution in [0.4, 0.5) is 19.3 Å². The normalized spacial score (nSPS) is 18.1. The van der Waals surface area contributed by atoms with Gasteiger partial charge < -0.3 is 15.3 Å². The lowest BCUT2D eigenvalue weighted by molar-refractivity contribution is -0.141. The van der Waals surface area contributed by atoms with E-state index in [-0.39, 0.29) is 23.2 Å². The van der Waals surface area contributed by atoms with E-state index in [1.165, 1.54) is 4.90 Å². The summed E-state index contributed by atoms with van der Waals surface area (Å²) in [5.74, 6) is -3.23. The van der Waals surface area contributed by atoms with Gasteiger partial charge in [0.05, 0.1) is 16.1 Å². The molecule has 0 spiro atoms. The molecule has 0 radical (unpaired) electrons. The number of benzene rings is 1. The molecule has 1 atom stereocenters. The number of likely N-dealkylation sites (tertiary alicyclic amines) is 1. The second-order valence-corrected chi connectivity index (χ2v) is 5.30. The van der Waals surface area contributed by atoms with E-state index in [9.17, 15) is 18.4 Å². The molecule has 2 rings (SSSR count). The summed E-state index contributed by atoms with van der Waals surface area (Å²) in [4.78, 5) is 24.0. The van der Waals surface area contributed by atoms with E-state index in [0.717, 1.165) is 6.07 Å². The van der Waals surface area contributed by atoms with Gasteiger partial charge in [0, 0.05) is 19.2 Å². The molecule has 0 bridgehead atoms. The predicted molar refractivity (Wildman–Crippen MR) is 70.4 cm³/mol. The lowest BCUT2D eigenvalue weighted by Crippen LogP contribution is -2.34. The highest BCUT2D eigenvalue weighted by Gasteiger charge is 2.31. The average molecular weight is 349 g/mol. The fraction of sp³-hybridized carbons (Fsp3) is 0.333. The maximum absolute atomic E-state index is 13.5. The number of carbonyl (C=O) groups is 2. The van der Waals surface area contributed by atoms with Crippen LogP contribution in [0.25, 0.3) is 0 Å². The van der Waals surface area contributed by atoms with E-state index >= 15 is 0 Å². The summed E-state index contributed by atoms with van der Waals surface area (Å²) < 4.78 is 26.6. The third kappa shape index (κ3) is 3.06. The summed E-state index contributed by atoms with van der Waals surface area (Å²) >= 11 is 2.90. The number of amides is 2. The van der Waals surface area contributed by atoms with Crippen LogP contribution in [-0.4, -0.2) is 35.1 Å². The number of nitrogens with zero attached hydrogens (tertiary/aromatic N) is 1. The Bertz CT molecular complexity index is 568. The third-order valence-corrected chi connectivity index (χ3v) is 3.68. The smallest absolute Gasteiger partial charge is 0.321 e. The molecule has 1 fully saturated rings. The minimum Gasteiger partial charge on any atom is -0.481 e. The van der Waals surface area contributed by atoms with Crippen LogP contribution in [0.15, 0.2) is 16.6 Å². The van der Waals surface area contributed by atoms with Crippen LogP contribution in [0, 0.1) is 17.6 Å². The van der Waals surface area contributed by atoms with Gasteiger partial charge in [0.1, 0.15) is 11.6 Å². The van der Waals surface area contributed by atoms with Gasteiger partial charge in [-0.3, -0.25) is 4.79 Å². The Labute approximate surface area is 121 Å². The van der Waals surface area contributed by atoms with E-state index in [0.29, 0.717) is 12.5 Å². The molecule has 20 heavy (non-hydrogen) atoms. The molecular formula is C12H11BrF2N2O3. The van der Waals surface area contributed by atoms with Crippen molar-refractivity contribution in [2.45, 2.75) is 6.42 Å². The van der Waals surface area contributed by atoms with Crippen LogP contribution in [0.2, 0.25) is 0 Å². The van der Waals surface area contributed by atoms with Gasteiger partial charge in [0.15, 0.2) is 0 Å². The van der Waals surface area contributed by atoms with Crippen molar-refractivity contribution < 1.29 is 23.5 Å². The summed E-state index contributed by atoms with van der Waals surface area (Å²) in [6.45, 7) is 0.359. The summed E-state index contributed by atoms with van der Waals surface area (Å²) in [7, 11) is 0. The minimum atomic E-state index is -0.962. The van der Waals surface area contributed by atoms with Gasteiger partial charge in [0.25, 0.3) is 0 Å². The first-order valence-electron chi connectivity index (χ1n) is 5.81. The van der Waals surface area contributed by atoms with Gasteiger partial charge in [-0.15, -0.1) is 0 Å². The molecular weight excluding hydrogens is 338 g/mol. The van der Waals surface area contributed by atoms with Crippen LogP contribution in [0.5, 0.6) is 0 Å². The van der Waals surface area contributed by atoms with Crippen molar-refractivity contribution in [1.82, 2.24) is 4.90 Å². The first-order valence-corrected chi connectivity index (χ1v) is 6.61. The van der Waals surface area contributed by atoms with Crippen molar-refractivity contribution >= 4 is 33.6 Å². The maximum Gasteiger partial charge on any atom is 0.321 e. The molecule has 1 saturated heterocycles. The fourth-order valence-corrected chi connectivity index (χ4v) is 2.30. The second-order valence-electron chi connectivity index (χ2n) is 4.45. The number of urea groups is 1. The Kier molecular flexibility index (Phi) is 4.22. The van der Waals surface area contributed by atoms with E-state index in [4.69, 9.17) is 5.11 Å². The SMILES string of the molecule is O=C(O)C1CCN(C(=O)Nc2cc(Br)c(F)cc2F)C1. The summed E-state index contributed by atoms with van der Waals surface area (Å²) in [5.41, 5.74) is -0.165. The molecule has 1 aromatic rings. The van der Waals surface area contributed by atoms with Gasteiger partial charge in [-0.25, -0.2) is 13.6 Å². The number of hydrogen-bond acceptors (Lipinski definition) is 2. The zero-order valence-corrected chi connectivity index (χ0v) is 11.8. The largest absolute Gasteiger partial charge is 0.481 e. The first kappa shape index (κ1) is 14.7. The van der Waals surface area contributed by atoms with E-state index < -0.39 is 29.6 Å². The van der Waals surface area contributed by atoms with Gasteiger partial charge in [-0.2, -0.15) is 0 Å². The van der Waals surface area contributed by atoms with Crippen molar-refractivity contribution in [3.63, 3.8) is 0 Å². The second kappa shape index (κ2) is 5.74. The van der Waals surface area contributed by atoms with Gasteiger partial charge in [-0.1, -0.05) is 0 Å². The molecule has 108 valence electrons. The van der Waals surface area contributed by atoms with Crippen LogP contribution >= 0.6 is 15.9 Å². The lowest BCUT2D eigenvalue weighted by atomic mass is 10.1. The van der Waals surface area contributed by atoms with Gasteiger partial charge >= 0.3 is 12.0 Å². The number of nitrogens with one attached hydrogen (secondary N) is 1. The Morgan fingerprint density at radius 1 is 1.35 bits per heavy atom. The number of hydrogen-bond donors (Lipinski definition) is 2. The Balaban J connectivity index is 2.06. The number of halogens is 3. The minimum absolute atomic E-state index is 0.0269. The highest BCUT2D eigenvalue weighted by molar-refractivity contribution is 9.10. The molecule has 2 N–H and O–H groups in total. The molecule has 1 aliphatic rings. The number of carbonyl (C=O) groups excluding carboxylic acids is 1. The van der Waals surface area contributed by atoms with Gasteiger partial charge in [-0.05, 0) is 28.4 Å². The number of anilines is 1. The van der Waals surface area contributed by atoms with Gasteiger partial charge in [0.2, 0.25) is 0 Å². The topological polar surface area (TPSA) is 69.6 Å². The van der Waals surface area contributed by atoms with Crippen molar-refractivity contribution in [3.05, 3.63) is 28.2 Å². The zero-order valence-electron chi connectivity index (χ0n) is 10.2. The molecule has 0 aliphatic carbocycles. The lowest BCUT2D eigenvalue weighted by Gasteiger charge is -2.17. The first-order chi connectivity index (χ1) is 9.38. The molecule has 0 aromatic heterocycles. The van der Waals surface area contributed by atoms with Crippen LogP contribution < -0.4 is 5.32 Å². The van der Waals surface area contributed by atoms with Crippen molar-refractivity contribution in [3.8, 4) is 0 Å². The molecule has 8 heteroatoms. The molecule has 0 saturated carbocycles. The summed E-state index contributed by atoms with van der Waals surface area (Å²) in [6, 6.07) is 1.17. The quantitative estimate of drug-likeness (QED) is 0.807. The Morgan fingerprint density at radius 2 is 2.05 bits per heavy atom. The van der Waals surface area contributed by atoms with Crippen molar-refractivity contribution in [1.29, 1.82) is 0 Å². The maximum atomic E-state index is 13.5. The van der Waals surface area contributed by atoms with E-state index in [1.54, 1.807) is 0 Å².